The van der Waals surface area contributed by atoms with Gasteiger partial charge in [-0.3, -0.25) is 23.9 Å². The number of nitrogens with zero attached hydrogens (tertiary/aromatic N) is 6. The molecule has 0 bridgehead atoms. The van der Waals surface area contributed by atoms with Crippen LogP contribution < -0.4 is 10.5 Å². The van der Waals surface area contributed by atoms with Crippen LogP contribution in [-0.4, -0.2) is 30.1 Å². The monoisotopic (exact) mass is 404 g/mol. The van der Waals surface area contributed by atoms with E-state index in [1.165, 1.54) is 6.07 Å². The Hall–Kier alpha value is -3.75. The van der Waals surface area contributed by atoms with Crippen LogP contribution in [0.2, 0.25) is 0 Å². The molecule has 0 radical (unpaired) electrons. The van der Waals surface area contributed by atoms with Gasteiger partial charge in [0.1, 0.15) is 0 Å². The fourth-order valence-corrected chi connectivity index (χ4v) is 4.39. The van der Waals surface area contributed by atoms with Crippen molar-refractivity contribution < 1.29 is 4.92 Å². The van der Waals surface area contributed by atoms with E-state index in [2.05, 4.69) is 22.0 Å². The van der Waals surface area contributed by atoms with E-state index >= 15 is 0 Å². The quantitative estimate of drug-likeness (QED) is 0.383. The molecule has 0 spiro atoms. The van der Waals surface area contributed by atoms with Gasteiger partial charge in [-0.05, 0) is 44.0 Å². The van der Waals surface area contributed by atoms with E-state index < -0.39 is 0 Å². The Balaban J connectivity index is 1.65. The first kappa shape index (κ1) is 18.3. The summed E-state index contributed by atoms with van der Waals surface area (Å²) in [5.74, 6) is 1.24. The zero-order chi connectivity index (χ0) is 21.0. The van der Waals surface area contributed by atoms with Crippen molar-refractivity contribution >= 4 is 28.1 Å². The standard InChI is InChI=1S/C21H20N6O3/c1-3-24-20(28)16-6-4-5-7-18(16)26-19(22-23-21(24)26)12-25-13(2)10-14-11-15(27(29)30)8-9-17(14)25/h4-9,11,13H,3,10,12H2,1-2H3. The van der Waals surface area contributed by atoms with E-state index in [0.29, 0.717) is 24.3 Å². The van der Waals surface area contributed by atoms with Crippen molar-refractivity contribution in [2.24, 2.45) is 0 Å². The van der Waals surface area contributed by atoms with Gasteiger partial charge >= 0.3 is 0 Å². The van der Waals surface area contributed by atoms with Crippen LogP contribution in [0.3, 0.4) is 0 Å². The van der Waals surface area contributed by atoms with Gasteiger partial charge in [0.25, 0.3) is 11.2 Å². The summed E-state index contributed by atoms with van der Waals surface area (Å²) in [6.07, 6.45) is 0.730. The number of rotatable bonds is 4. The summed E-state index contributed by atoms with van der Waals surface area (Å²) < 4.78 is 3.57. The van der Waals surface area contributed by atoms with Crippen molar-refractivity contribution in [1.29, 1.82) is 0 Å². The second-order valence-electron chi connectivity index (χ2n) is 7.57. The van der Waals surface area contributed by atoms with Crippen molar-refractivity contribution in [3.63, 3.8) is 0 Å². The van der Waals surface area contributed by atoms with Crippen molar-refractivity contribution in [2.75, 3.05) is 4.90 Å². The molecule has 152 valence electrons. The number of aromatic nitrogens is 4. The summed E-state index contributed by atoms with van der Waals surface area (Å²) in [5.41, 5.74) is 2.73. The summed E-state index contributed by atoms with van der Waals surface area (Å²) >= 11 is 0. The van der Waals surface area contributed by atoms with Gasteiger partial charge < -0.3 is 4.90 Å². The fraction of sp³-hybridized carbons (Fsp3) is 0.286. The smallest absolute Gasteiger partial charge is 0.269 e. The minimum absolute atomic E-state index is 0.0771. The molecule has 1 atom stereocenters. The maximum atomic E-state index is 12.8. The van der Waals surface area contributed by atoms with Crippen LogP contribution in [0.15, 0.2) is 47.3 Å². The molecule has 5 rings (SSSR count). The van der Waals surface area contributed by atoms with Crippen LogP contribution in [0.25, 0.3) is 16.7 Å². The highest BCUT2D eigenvalue weighted by molar-refractivity contribution is 5.80. The maximum Gasteiger partial charge on any atom is 0.269 e. The van der Waals surface area contributed by atoms with Gasteiger partial charge in [-0.1, -0.05) is 12.1 Å². The average Bonchev–Trinajstić information content (AvgIpc) is 3.29. The first-order chi connectivity index (χ1) is 14.5. The summed E-state index contributed by atoms with van der Waals surface area (Å²) in [5, 5.41) is 20.5. The third kappa shape index (κ3) is 2.58. The predicted molar refractivity (Wildman–Crippen MR) is 113 cm³/mol. The molecule has 0 N–H and O–H groups in total. The molecular weight excluding hydrogens is 384 g/mol. The van der Waals surface area contributed by atoms with E-state index in [1.54, 1.807) is 16.7 Å². The minimum atomic E-state index is -0.365. The lowest BCUT2D eigenvalue weighted by Gasteiger charge is -2.24. The molecule has 0 aliphatic carbocycles. The molecular formula is C21H20N6O3. The van der Waals surface area contributed by atoms with Crippen molar-refractivity contribution in [3.05, 3.63) is 74.3 Å². The number of para-hydroxylation sites is 1. The molecule has 9 heteroatoms. The lowest BCUT2D eigenvalue weighted by molar-refractivity contribution is -0.384. The van der Waals surface area contributed by atoms with E-state index in [4.69, 9.17) is 0 Å². The molecule has 0 amide bonds. The summed E-state index contributed by atoms with van der Waals surface area (Å²) in [7, 11) is 0. The van der Waals surface area contributed by atoms with Gasteiger partial charge in [0, 0.05) is 30.4 Å². The zero-order valence-corrected chi connectivity index (χ0v) is 16.6. The Morgan fingerprint density at radius 1 is 1.20 bits per heavy atom. The average molecular weight is 404 g/mol. The molecule has 2 aromatic heterocycles. The molecule has 3 heterocycles. The number of anilines is 1. The highest BCUT2D eigenvalue weighted by atomic mass is 16.6. The predicted octanol–water partition coefficient (Wildman–Crippen LogP) is 2.92. The lowest BCUT2D eigenvalue weighted by atomic mass is 10.1. The van der Waals surface area contributed by atoms with Crippen molar-refractivity contribution in [3.8, 4) is 0 Å². The Labute approximate surface area is 171 Å². The maximum absolute atomic E-state index is 12.8. The molecule has 0 fully saturated rings. The number of aryl methyl sites for hydroxylation is 1. The first-order valence-corrected chi connectivity index (χ1v) is 9.89. The van der Waals surface area contributed by atoms with Crippen molar-refractivity contribution in [2.45, 2.75) is 39.4 Å². The SMILES string of the molecule is CCn1c(=O)c2ccccc2n2c(CN3c4ccc([N+](=O)[O-])cc4CC3C)nnc12. The molecule has 9 nitrogen and oxygen atoms in total. The van der Waals surface area contributed by atoms with E-state index in [0.717, 1.165) is 29.0 Å². The van der Waals surface area contributed by atoms with Gasteiger partial charge in [-0.25, -0.2) is 0 Å². The molecule has 1 aliphatic heterocycles. The number of hydrogen-bond acceptors (Lipinski definition) is 6. The number of nitro benzene ring substituents is 1. The van der Waals surface area contributed by atoms with Gasteiger partial charge in [0.05, 0.1) is 22.4 Å². The number of fused-ring (bicyclic) bond motifs is 4. The number of non-ortho nitro benzene ring substituents is 1. The largest absolute Gasteiger partial charge is 0.361 e. The highest BCUT2D eigenvalue weighted by Gasteiger charge is 2.29. The molecule has 1 aliphatic rings. The number of hydrogen-bond donors (Lipinski definition) is 0. The van der Waals surface area contributed by atoms with E-state index in [1.807, 2.05) is 35.6 Å². The van der Waals surface area contributed by atoms with Crippen molar-refractivity contribution in [1.82, 2.24) is 19.2 Å². The normalized spacial score (nSPS) is 15.8. The summed E-state index contributed by atoms with van der Waals surface area (Å²) in [6.45, 7) is 4.99. The van der Waals surface area contributed by atoms with Crippen LogP contribution in [0.1, 0.15) is 25.2 Å². The number of benzene rings is 2. The zero-order valence-electron chi connectivity index (χ0n) is 16.6. The van der Waals surface area contributed by atoms with Gasteiger partial charge in [0.2, 0.25) is 5.78 Å². The van der Waals surface area contributed by atoms with Crippen LogP contribution in [0.5, 0.6) is 0 Å². The van der Waals surface area contributed by atoms with Gasteiger partial charge in [-0.15, -0.1) is 10.2 Å². The second-order valence-corrected chi connectivity index (χ2v) is 7.57. The second kappa shape index (κ2) is 6.65. The van der Waals surface area contributed by atoms with E-state index in [-0.39, 0.29) is 22.2 Å². The minimum Gasteiger partial charge on any atom is -0.361 e. The third-order valence-corrected chi connectivity index (χ3v) is 5.83. The Bertz CT molecular complexity index is 1370. The molecule has 4 aromatic rings. The fourth-order valence-electron chi connectivity index (χ4n) is 4.39. The topological polar surface area (TPSA) is 98.6 Å². The van der Waals surface area contributed by atoms with E-state index in [9.17, 15) is 14.9 Å². The van der Waals surface area contributed by atoms with Crippen LogP contribution in [0, 0.1) is 10.1 Å². The molecule has 30 heavy (non-hydrogen) atoms. The Kier molecular flexibility index (Phi) is 4.05. The Morgan fingerprint density at radius 3 is 2.77 bits per heavy atom. The van der Waals surface area contributed by atoms with Crippen LogP contribution in [-0.2, 0) is 19.5 Å². The van der Waals surface area contributed by atoms with Crippen LogP contribution >= 0.6 is 0 Å². The third-order valence-electron chi connectivity index (χ3n) is 5.83. The summed E-state index contributed by atoms with van der Waals surface area (Å²) in [4.78, 5) is 25.8. The highest BCUT2D eigenvalue weighted by Crippen LogP contribution is 2.35. The van der Waals surface area contributed by atoms with Gasteiger partial charge in [-0.2, -0.15) is 0 Å². The Morgan fingerprint density at radius 2 is 2.00 bits per heavy atom. The molecule has 0 saturated carbocycles. The summed E-state index contributed by atoms with van der Waals surface area (Å²) in [6, 6.07) is 12.6. The first-order valence-electron chi connectivity index (χ1n) is 9.89. The molecule has 2 aromatic carbocycles. The molecule has 0 saturated heterocycles. The lowest BCUT2D eigenvalue weighted by Crippen LogP contribution is -2.30. The van der Waals surface area contributed by atoms with Crippen LogP contribution in [0.4, 0.5) is 11.4 Å². The number of nitro groups is 1. The molecule has 1 unspecified atom stereocenters. The van der Waals surface area contributed by atoms with Gasteiger partial charge in [0.15, 0.2) is 5.82 Å².